The normalized spacial score (nSPS) is 17.3. The summed E-state index contributed by atoms with van der Waals surface area (Å²) in [7, 11) is 0. The highest BCUT2D eigenvalue weighted by molar-refractivity contribution is 6.05. The van der Waals surface area contributed by atoms with Gasteiger partial charge < -0.3 is 19.6 Å². The molecule has 0 aliphatic carbocycles. The predicted molar refractivity (Wildman–Crippen MR) is 108 cm³/mol. The lowest BCUT2D eigenvalue weighted by Gasteiger charge is -2.35. The standard InChI is InChI=1S/C22H27N3O2/c1-3-15(2)25-9-6-16(7-10-25)20-13-23-21-5-4-18(12-19(20)21)24-22(26)17-8-11-27-14-17/h4-5,8,11-16,23H,3,6-7,9-10H2,1-2H3,(H,24,26). The van der Waals surface area contributed by atoms with E-state index >= 15 is 0 Å². The molecule has 1 saturated heterocycles. The molecular weight excluding hydrogens is 338 g/mol. The first-order valence-corrected chi connectivity index (χ1v) is 9.84. The number of benzene rings is 1. The number of H-pyrrole nitrogens is 1. The molecule has 1 aliphatic rings. The summed E-state index contributed by atoms with van der Waals surface area (Å²) < 4.78 is 4.99. The van der Waals surface area contributed by atoms with Crippen LogP contribution in [0.25, 0.3) is 10.9 Å². The van der Waals surface area contributed by atoms with Crippen LogP contribution in [0.1, 0.15) is 54.9 Å². The van der Waals surface area contributed by atoms with Crippen molar-refractivity contribution >= 4 is 22.5 Å². The van der Waals surface area contributed by atoms with Gasteiger partial charge in [-0.1, -0.05) is 6.92 Å². The number of piperidine rings is 1. The Labute approximate surface area is 159 Å². The Hall–Kier alpha value is -2.53. The van der Waals surface area contributed by atoms with E-state index in [9.17, 15) is 4.79 Å². The second-order valence-electron chi connectivity index (χ2n) is 7.54. The van der Waals surface area contributed by atoms with E-state index in [4.69, 9.17) is 4.42 Å². The molecular formula is C22H27N3O2. The second-order valence-corrected chi connectivity index (χ2v) is 7.54. The van der Waals surface area contributed by atoms with Gasteiger partial charge in [0.25, 0.3) is 5.91 Å². The van der Waals surface area contributed by atoms with Gasteiger partial charge in [-0.25, -0.2) is 0 Å². The molecule has 2 aromatic heterocycles. The molecule has 3 aromatic rings. The summed E-state index contributed by atoms with van der Waals surface area (Å²) in [6.07, 6.45) is 8.69. The molecule has 0 saturated carbocycles. The van der Waals surface area contributed by atoms with E-state index < -0.39 is 0 Å². The number of hydrogen-bond acceptors (Lipinski definition) is 3. The number of nitrogens with zero attached hydrogens (tertiary/aromatic N) is 1. The first kappa shape index (κ1) is 17.9. The first-order chi connectivity index (χ1) is 13.2. The number of rotatable bonds is 5. The number of anilines is 1. The van der Waals surface area contributed by atoms with Crippen molar-refractivity contribution in [3.05, 3.63) is 54.1 Å². The molecule has 0 radical (unpaired) electrons. The number of nitrogens with one attached hydrogen (secondary N) is 2. The minimum Gasteiger partial charge on any atom is -0.472 e. The van der Waals surface area contributed by atoms with Crippen molar-refractivity contribution in [2.45, 2.75) is 45.1 Å². The average molecular weight is 365 g/mol. The highest BCUT2D eigenvalue weighted by atomic mass is 16.3. The highest BCUT2D eigenvalue weighted by Gasteiger charge is 2.24. The van der Waals surface area contributed by atoms with Crippen molar-refractivity contribution in [2.75, 3.05) is 18.4 Å². The summed E-state index contributed by atoms with van der Waals surface area (Å²) in [5.41, 5.74) is 3.83. The van der Waals surface area contributed by atoms with E-state index in [1.807, 2.05) is 12.1 Å². The number of hydrogen-bond donors (Lipinski definition) is 2. The topological polar surface area (TPSA) is 61.3 Å². The van der Waals surface area contributed by atoms with Gasteiger partial charge in [-0.15, -0.1) is 0 Å². The van der Waals surface area contributed by atoms with Crippen LogP contribution in [0, 0.1) is 0 Å². The van der Waals surface area contributed by atoms with Crippen molar-refractivity contribution in [2.24, 2.45) is 0 Å². The SMILES string of the molecule is CCC(C)N1CCC(c2c[nH]c3ccc(NC(=O)c4ccoc4)cc23)CC1. The Bertz CT molecular complexity index is 905. The number of fused-ring (bicyclic) bond motifs is 1. The van der Waals surface area contributed by atoms with Crippen LogP contribution in [0.15, 0.2) is 47.4 Å². The van der Waals surface area contributed by atoms with Gasteiger partial charge in [-0.3, -0.25) is 4.79 Å². The van der Waals surface area contributed by atoms with E-state index in [0.717, 1.165) is 24.3 Å². The summed E-state index contributed by atoms with van der Waals surface area (Å²) in [6.45, 7) is 6.89. The van der Waals surface area contributed by atoms with Crippen LogP contribution in [-0.2, 0) is 0 Å². The van der Waals surface area contributed by atoms with E-state index in [1.165, 1.54) is 42.7 Å². The predicted octanol–water partition coefficient (Wildman–Crippen LogP) is 4.99. The highest BCUT2D eigenvalue weighted by Crippen LogP contribution is 2.35. The second kappa shape index (κ2) is 7.61. The quantitative estimate of drug-likeness (QED) is 0.669. The van der Waals surface area contributed by atoms with Gasteiger partial charge >= 0.3 is 0 Å². The van der Waals surface area contributed by atoms with Crippen LogP contribution < -0.4 is 5.32 Å². The van der Waals surface area contributed by atoms with E-state index in [1.54, 1.807) is 6.07 Å². The van der Waals surface area contributed by atoms with Crippen molar-refractivity contribution in [1.29, 1.82) is 0 Å². The number of furan rings is 1. The van der Waals surface area contributed by atoms with Gasteiger partial charge in [0.15, 0.2) is 0 Å². The van der Waals surface area contributed by atoms with Gasteiger partial charge in [-0.05, 0) is 75.0 Å². The maximum absolute atomic E-state index is 12.3. The molecule has 5 heteroatoms. The van der Waals surface area contributed by atoms with Crippen LogP contribution in [0.4, 0.5) is 5.69 Å². The Morgan fingerprint density at radius 2 is 2.15 bits per heavy atom. The van der Waals surface area contributed by atoms with E-state index in [2.05, 4.69) is 41.3 Å². The maximum atomic E-state index is 12.3. The van der Waals surface area contributed by atoms with Gasteiger partial charge in [-0.2, -0.15) is 0 Å². The Morgan fingerprint density at radius 1 is 1.33 bits per heavy atom. The fourth-order valence-electron chi connectivity index (χ4n) is 4.06. The zero-order valence-electron chi connectivity index (χ0n) is 16.0. The summed E-state index contributed by atoms with van der Waals surface area (Å²) in [6, 6.07) is 8.39. The fourth-order valence-corrected chi connectivity index (χ4v) is 4.06. The molecule has 1 aliphatic heterocycles. The smallest absolute Gasteiger partial charge is 0.258 e. The molecule has 4 rings (SSSR count). The Balaban J connectivity index is 1.52. The minimum absolute atomic E-state index is 0.151. The zero-order valence-corrected chi connectivity index (χ0v) is 16.0. The molecule has 1 aromatic carbocycles. The Kier molecular flexibility index (Phi) is 5.03. The molecule has 5 nitrogen and oxygen atoms in total. The van der Waals surface area contributed by atoms with Gasteiger partial charge in [0, 0.05) is 28.8 Å². The number of carbonyl (C=O) groups is 1. The summed E-state index contributed by atoms with van der Waals surface area (Å²) in [4.78, 5) is 18.3. The monoisotopic (exact) mass is 365 g/mol. The number of likely N-dealkylation sites (tertiary alicyclic amines) is 1. The van der Waals surface area contributed by atoms with Gasteiger partial charge in [0.1, 0.15) is 6.26 Å². The lowest BCUT2D eigenvalue weighted by Crippen LogP contribution is -2.39. The minimum atomic E-state index is -0.151. The van der Waals surface area contributed by atoms with Crippen molar-refractivity contribution < 1.29 is 9.21 Å². The van der Waals surface area contributed by atoms with Gasteiger partial charge in [0.2, 0.25) is 0 Å². The third kappa shape index (κ3) is 3.65. The largest absolute Gasteiger partial charge is 0.472 e. The molecule has 142 valence electrons. The number of aromatic amines is 1. The molecule has 0 spiro atoms. The van der Waals surface area contributed by atoms with Gasteiger partial charge in [0.05, 0.1) is 11.8 Å². The van der Waals surface area contributed by atoms with Crippen LogP contribution in [0.5, 0.6) is 0 Å². The molecule has 27 heavy (non-hydrogen) atoms. The molecule has 1 unspecified atom stereocenters. The molecule has 1 fully saturated rings. The molecule has 2 N–H and O–H groups in total. The number of aromatic nitrogens is 1. The third-order valence-electron chi connectivity index (χ3n) is 5.94. The molecule has 1 amide bonds. The summed E-state index contributed by atoms with van der Waals surface area (Å²) in [5, 5.41) is 4.18. The zero-order chi connectivity index (χ0) is 18.8. The van der Waals surface area contributed by atoms with Crippen LogP contribution in [-0.4, -0.2) is 34.9 Å². The van der Waals surface area contributed by atoms with E-state index in [0.29, 0.717) is 17.5 Å². The molecule has 3 heterocycles. The Morgan fingerprint density at radius 3 is 2.85 bits per heavy atom. The lowest BCUT2D eigenvalue weighted by atomic mass is 9.88. The third-order valence-corrected chi connectivity index (χ3v) is 5.94. The van der Waals surface area contributed by atoms with E-state index in [-0.39, 0.29) is 5.91 Å². The van der Waals surface area contributed by atoms with Crippen LogP contribution >= 0.6 is 0 Å². The maximum Gasteiger partial charge on any atom is 0.258 e. The lowest BCUT2D eigenvalue weighted by molar-refractivity contribution is 0.102. The fraction of sp³-hybridized carbons (Fsp3) is 0.409. The van der Waals surface area contributed by atoms with Crippen molar-refractivity contribution in [3.63, 3.8) is 0 Å². The number of amides is 1. The average Bonchev–Trinajstić information content (AvgIpc) is 3.37. The van der Waals surface area contributed by atoms with Crippen molar-refractivity contribution in [3.8, 4) is 0 Å². The van der Waals surface area contributed by atoms with Crippen LogP contribution in [0.2, 0.25) is 0 Å². The summed E-state index contributed by atoms with van der Waals surface area (Å²) >= 11 is 0. The molecule has 0 bridgehead atoms. The van der Waals surface area contributed by atoms with Crippen LogP contribution in [0.3, 0.4) is 0 Å². The number of carbonyl (C=O) groups excluding carboxylic acids is 1. The van der Waals surface area contributed by atoms with Crippen molar-refractivity contribution in [1.82, 2.24) is 9.88 Å². The molecule has 1 atom stereocenters. The first-order valence-electron chi connectivity index (χ1n) is 9.84. The summed E-state index contributed by atoms with van der Waals surface area (Å²) in [5.74, 6) is 0.418.